The molecule has 1 atom stereocenters. The molecule has 29 heavy (non-hydrogen) atoms. The van der Waals surface area contributed by atoms with Crippen molar-refractivity contribution in [3.8, 4) is 5.75 Å². The standard InChI is InChI=1S/C22H23FN4O2/c1-15-7-8-19-16(13-15)14-27(11-12-29-19)22(28)25-20(21-24-9-10-26(21)2)17-5-3-4-6-18(17)23/h3-10,13,20H,11-12,14H2,1-2H3,(H,25,28). The average Bonchev–Trinajstić information content (AvgIpc) is 3.01. The molecule has 0 saturated heterocycles. The molecular formula is C22H23FN4O2. The molecule has 1 unspecified atom stereocenters. The Morgan fingerprint density at radius 3 is 2.86 bits per heavy atom. The van der Waals surface area contributed by atoms with Crippen molar-refractivity contribution in [3.05, 3.63) is 83.2 Å². The first-order valence-corrected chi connectivity index (χ1v) is 9.52. The number of halogens is 1. The Bertz CT molecular complexity index is 1030. The van der Waals surface area contributed by atoms with Crippen LogP contribution in [0.1, 0.15) is 28.6 Å². The van der Waals surface area contributed by atoms with Gasteiger partial charge in [-0.3, -0.25) is 0 Å². The van der Waals surface area contributed by atoms with Crippen LogP contribution in [0.3, 0.4) is 0 Å². The van der Waals surface area contributed by atoms with Crippen molar-refractivity contribution in [3.63, 3.8) is 0 Å². The third-order valence-electron chi connectivity index (χ3n) is 5.08. The molecule has 0 radical (unpaired) electrons. The van der Waals surface area contributed by atoms with Gasteiger partial charge in [-0.2, -0.15) is 0 Å². The second-order valence-electron chi connectivity index (χ2n) is 7.18. The molecule has 1 aliphatic rings. The normalized spacial score (nSPS) is 14.5. The van der Waals surface area contributed by atoms with Gasteiger partial charge in [-0.1, -0.05) is 35.9 Å². The number of nitrogens with zero attached hydrogens (tertiary/aromatic N) is 3. The number of fused-ring (bicyclic) bond motifs is 1. The average molecular weight is 394 g/mol. The largest absolute Gasteiger partial charge is 0.491 e. The first-order valence-electron chi connectivity index (χ1n) is 9.52. The highest BCUT2D eigenvalue weighted by Crippen LogP contribution is 2.26. The van der Waals surface area contributed by atoms with E-state index in [0.29, 0.717) is 31.1 Å². The van der Waals surface area contributed by atoms with Crippen LogP contribution in [0.4, 0.5) is 9.18 Å². The summed E-state index contributed by atoms with van der Waals surface area (Å²) in [7, 11) is 1.82. The van der Waals surface area contributed by atoms with Crippen molar-refractivity contribution < 1.29 is 13.9 Å². The van der Waals surface area contributed by atoms with Crippen LogP contribution in [0, 0.1) is 12.7 Å². The fourth-order valence-corrected chi connectivity index (χ4v) is 3.56. The van der Waals surface area contributed by atoms with Gasteiger partial charge in [-0.15, -0.1) is 0 Å². The van der Waals surface area contributed by atoms with E-state index in [9.17, 15) is 9.18 Å². The van der Waals surface area contributed by atoms with Gasteiger partial charge in [0, 0.05) is 30.6 Å². The highest BCUT2D eigenvalue weighted by molar-refractivity contribution is 5.75. The first-order chi connectivity index (χ1) is 14.0. The number of aryl methyl sites for hydroxylation is 2. The molecule has 6 nitrogen and oxygen atoms in total. The Morgan fingerprint density at radius 1 is 1.28 bits per heavy atom. The summed E-state index contributed by atoms with van der Waals surface area (Å²) in [5.74, 6) is 0.965. The Labute approximate surface area is 168 Å². The fraction of sp³-hybridized carbons (Fsp3) is 0.273. The van der Waals surface area contributed by atoms with Gasteiger partial charge >= 0.3 is 6.03 Å². The number of ether oxygens (including phenoxy) is 1. The minimum absolute atomic E-state index is 0.292. The molecule has 0 bridgehead atoms. The van der Waals surface area contributed by atoms with E-state index in [0.717, 1.165) is 16.9 Å². The maximum absolute atomic E-state index is 14.5. The number of carbonyl (C=O) groups is 1. The van der Waals surface area contributed by atoms with Crippen molar-refractivity contribution in [1.82, 2.24) is 19.8 Å². The molecule has 0 fully saturated rings. The predicted molar refractivity (Wildman–Crippen MR) is 107 cm³/mol. The van der Waals surface area contributed by atoms with Gasteiger partial charge in [-0.25, -0.2) is 14.2 Å². The van der Waals surface area contributed by atoms with Gasteiger partial charge < -0.3 is 19.5 Å². The molecule has 1 aromatic heterocycles. The summed E-state index contributed by atoms with van der Waals surface area (Å²) in [6, 6.07) is 11.4. The summed E-state index contributed by atoms with van der Waals surface area (Å²) in [6.45, 7) is 3.26. The number of benzene rings is 2. The van der Waals surface area contributed by atoms with Crippen LogP contribution in [0.5, 0.6) is 5.75 Å². The van der Waals surface area contributed by atoms with E-state index < -0.39 is 6.04 Å². The highest BCUT2D eigenvalue weighted by atomic mass is 19.1. The summed E-state index contributed by atoms with van der Waals surface area (Å²) in [5.41, 5.74) is 2.43. The molecule has 2 amide bonds. The number of hydrogen-bond donors (Lipinski definition) is 1. The highest BCUT2D eigenvalue weighted by Gasteiger charge is 2.27. The van der Waals surface area contributed by atoms with Crippen LogP contribution in [0.25, 0.3) is 0 Å². The van der Waals surface area contributed by atoms with Gasteiger partial charge in [0.25, 0.3) is 0 Å². The topological polar surface area (TPSA) is 59.4 Å². The van der Waals surface area contributed by atoms with E-state index in [4.69, 9.17) is 4.74 Å². The molecule has 0 saturated carbocycles. The lowest BCUT2D eigenvalue weighted by molar-refractivity contribution is 0.185. The van der Waals surface area contributed by atoms with Gasteiger partial charge in [0.1, 0.15) is 30.0 Å². The summed E-state index contributed by atoms with van der Waals surface area (Å²) in [6.07, 6.45) is 3.41. The Hall–Kier alpha value is -3.35. The maximum atomic E-state index is 14.5. The zero-order valence-corrected chi connectivity index (χ0v) is 16.4. The monoisotopic (exact) mass is 394 g/mol. The molecule has 2 aromatic carbocycles. The van der Waals surface area contributed by atoms with Crippen LogP contribution < -0.4 is 10.1 Å². The lowest BCUT2D eigenvalue weighted by Crippen LogP contribution is -2.43. The van der Waals surface area contributed by atoms with Gasteiger partial charge in [-0.05, 0) is 19.1 Å². The Kier molecular flexibility index (Phi) is 5.20. The number of amides is 2. The maximum Gasteiger partial charge on any atom is 0.318 e. The molecular weight excluding hydrogens is 371 g/mol. The third-order valence-corrected chi connectivity index (χ3v) is 5.08. The van der Waals surface area contributed by atoms with E-state index in [1.54, 1.807) is 40.1 Å². The second kappa shape index (κ2) is 7.95. The summed E-state index contributed by atoms with van der Waals surface area (Å²) in [4.78, 5) is 19.2. The van der Waals surface area contributed by atoms with Crippen LogP contribution in [-0.2, 0) is 13.6 Å². The van der Waals surface area contributed by atoms with Gasteiger partial charge in [0.15, 0.2) is 0 Å². The molecule has 0 spiro atoms. The number of imidazole rings is 1. The molecule has 1 aliphatic heterocycles. The molecule has 0 aliphatic carbocycles. The summed E-state index contributed by atoms with van der Waals surface area (Å²) in [5, 5.41) is 2.97. The SMILES string of the molecule is Cc1ccc2c(c1)CN(C(=O)NC(c1ccccc1F)c1nccn1C)CCO2. The Morgan fingerprint density at radius 2 is 2.10 bits per heavy atom. The lowest BCUT2D eigenvalue weighted by Gasteiger charge is -2.25. The number of rotatable bonds is 3. The van der Waals surface area contributed by atoms with Crippen molar-refractivity contribution in [1.29, 1.82) is 0 Å². The lowest BCUT2D eigenvalue weighted by atomic mass is 10.1. The van der Waals surface area contributed by atoms with E-state index >= 15 is 0 Å². The molecule has 7 heteroatoms. The van der Waals surface area contributed by atoms with Crippen molar-refractivity contribution in [2.75, 3.05) is 13.2 Å². The van der Waals surface area contributed by atoms with Gasteiger partial charge in [0.2, 0.25) is 0 Å². The zero-order chi connectivity index (χ0) is 20.4. The number of hydrogen-bond acceptors (Lipinski definition) is 3. The number of urea groups is 1. The number of nitrogens with one attached hydrogen (secondary N) is 1. The number of aromatic nitrogens is 2. The zero-order valence-electron chi connectivity index (χ0n) is 16.4. The minimum Gasteiger partial charge on any atom is -0.491 e. The van der Waals surface area contributed by atoms with E-state index in [1.807, 2.05) is 32.2 Å². The number of carbonyl (C=O) groups excluding carboxylic acids is 1. The van der Waals surface area contributed by atoms with Crippen molar-refractivity contribution >= 4 is 6.03 Å². The molecule has 2 heterocycles. The summed E-state index contributed by atoms with van der Waals surface area (Å²) < 4.78 is 22.1. The Balaban J connectivity index is 1.62. The molecule has 3 aromatic rings. The van der Waals surface area contributed by atoms with Crippen molar-refractivity contribution in [2.45, 2.75) is 19.5 Å². The minimum atomic E-state index is -0.704. The quantitative estimate of drug-likeness (QED) is 0.739. The van der Waals surface area contributed by atoms with Crippen LogP contribution in [-0.4, -0.2) is 33.6 Å². The fourth-order valence-electron chi connectivity index (χ4n) is 3.56. The predicted octanol–water partition coefficient (Wildman–Crippen LogP) is 3.56. The first kappa shape index (κ1) is 19.0. The molecule has 1 N–H and O–H groups in total. The summed E-state index contributed by atoms with van der Waals surface area (Å²) >= 11 is 0. The third kappa shape index (κ3) is 3.94. The molecule has 4 rings (SSSR count). The van der Waals surface area contributed by atoms with E-state index in [2.05, 4.69) is 10.3 Å². The van der Waals surface area contributed by atoms with E-state index in [-0.39, 0.29) is 11.8 Å². The van der Waals surface area contributed by atoms with E-state index in [1.165, 1.54) is 6.07 Å². The molecule has 150 valence electrons. The van der Waals surface area contributed by atoms with Crippen LogP contribution in [0.15, 0.2) is 54.9 Å². The van der Waals surface area contributed by atoms with Crippen molar-refractivity contribution in [2.24, 2.45) is 7.05 Å². The van der Waals surface area contributed by atoms with Gasteiger partial charge in [0.05, 0.1) is 13.1 Å². The van der Waals surface area contributed by atoms with Crippen LogP contribution in [0.2, 0.25) is 0 Å². The smallest absolute Gasteiger partial charge is 0.318 e. The second-order valence-corrected chi connectivity index (χ2v) is 7.18. The van der Waals surface area contributed by atoms with Crippen LogP contribution >= 0.6 is 0 Å².